The van der Waals surface area contributed by atoms with Crippen LogP contribution in [-0.4, -0.2) is 16.9 Å². The number of aliphatic hydroxyl groups excluding tert-OH is 1. The van der Waals surface area contributed by atoms with Crippen LogP contribution in [0.3, 0.4) is 0 Å². The van der Waals surface area contributed by atoms with Crippen LogP contribution in [-0.2, 0) is 0 Å². The normalized spacial score (nSPS) is 12.1. The van der Waals surface area contributed by atoms with E-state index in [0.717, 1.165) is 0 Å². The van der Waals surface area contributed by atoms with Gasteiger partial charge in [-0.1, -0.05) is 6.07 Å². The lowest BCUT2D eigenvalue weighted by Gasteiger charge is -2.10. The zero-order chi connectivity index (χ0) is 11.6. The highest BCUT2D eigenvalue weighted by Crippen LogP contribution is 2.18. The first-order chi connectivity index (χ1) is 6.93. The lowest BCUT2D eigenvalue weighted by Crippen LogP contribution is -2.18. The van der Waals surface area contributed by atoms with Gasteiger partial charge in [0.25, 0.3) is 0 Å². The highest BCUT2D eigenvalue weighted by molar-refractivity contribution is 5.99. The van der Waals surface area contributed by atoms with Crippen LogP contribution in [0.1, 0.15) is 39.3 Å². The second kappa shape index (κ2) is 4.10. The fraction of sp³-hybridized carbons (Fsp3) is 0.200. The predicted octanol–water partition coefficient (Wildman–Crippen LogP) is -0.0623. The third-order valence-corrected chi connectivity index (χ3v) is 2.05. The first-order valence-electron chi connectivity index (χ1n) is 4.35. The molecule has 0 spiro atoms. The molecule has 0 saturated heterocycles. The average molecular weight is 208 g/mol. The van der Waals surface area contributed by atoms with Crippen LogP contribution in [0.25, 0.3) is 0 Å². The van der Waals surface area contributed by atoms with Crippen molar-refractivity contribution in [3.8, 4) is 0 Å². The van der Waals surface area contributed by atoms with Crippen molar-refractivity contribution >= 4 is 11.8 Å². The molecule has 5 N–H and O–H groups in total. The Bertz CT molecular complexity index is 413. The van der Waals surface area contributed by atoms with Gasteiger partial charge in [0.2, 0.25) is 11.8 Å². The molecule has 0 aliphatic heterocycles. The Hall–Kier alpha value is -1.88. The summed E-state index contributed by atoms with van der Waals surface area (Å²) >= 11 is 0. The maximum absolute atomic E-state index is 11.1. The number of carbonyl (C=O) groups excluding carboxylic acids is 2. The first kappa shape index (κ1) is 11.2. The van der Waals surface area contributed by atoms with Gasteiger partial charge in [-0.15, -0.1) is 0 Å². The van der Waals surface area contributed by atoms with Crippen molar-refractivity contribution in [2.75, 3.05) is 0 Å². The van der Waals surface area contributed by atoms with Crippen LogP contribution in [0.2, 0.25) is 0 Å². The standard InChI is InChI=1S/C10H12N2O3/c1-5(13)7-3-2-6(9(11)14)4-8(7)10(12)15/h2-5,13H,1H3,(H2,11,14)(H2,12,15). The molecule has 1 rings (SSSR count). The van der Waals surface area contributed by atoms with Gasteiger partial charge in [0.15, 0.2) is 0 Å². The summed E-state index contributed by atoms with van der Waals surface area (Å²) in [6.45, 7) is 1.51. The number of benzene rings is 1. The van der Waals surface area contributed by atoms with Crippen molar-refractivity contribution in [1.29, 1.82) is 0 Å². The second-order valence-electron chi connectivity index (χ2n) is 3.21. The average Bonchev–Trinajstić information content (AvgIpc) is 2.16. The van der Waals surface area contributed by atoms with Gasteiger partial charge in [-0.05, 0) is 24.6 Å². The number of hydrogen-bond acceptors (Lipinski definition) is 3. The lowest BCUT2D eigenvalue weighted by atomic mass is 9.99. The Morgan fingerprint density at radius 3 is 2.27 bits per heavy atom. The number of primary amides is 2. The number of nitrogens with two attached hydrogens (primary N) is 2. The topological polar surface area (TPSA) is 106 Å². The molecule has 0 aliphatic carbocycles. The zero-order valence-corrected chi connectivity index (χ0v) is 8.23. The largest absolute Gasteiger partial charge is 0.389 e. The van der Waals surface area contributed by atoms with Gasteiger partial charge < -0.3 is 16.6 Å². The van der Waals surface area contributed by atoms with Crippen LogP contribution < -0.4 is 11.5 Å². The molecule has 5 heteroatoms. The molecule has 0 bridgehead atoms. The summed E-state index contributed by atoms with van der Waals surface area (Å²) in [4.78, 5) is 21.9. The molecule has 80 valence electrons. The predicted molar refractivity (Wildman–Crippen MR) is 54.1 cm³/mol. The molecular weight excluding hydrogens is 196 g/mol. The van der Waals surface area contributed by atoms with Crippen molar-refractivity contribution < 1.29 is 14.7 Å². The summed E-state index contributed by atoms with van der Waals surface area (Å²) in [5, 5.41) is 9.36. The molecule has 0 saturated carbocycles. The van der Waals surface area contributed by atoms with E-state index >= 15 is 0 Å². The summed E-state index contributed by atoms with van der Waals surface area (Å²) in [6.07, 6.45) is -0.825. The quantitative estimate of drug-likeness (QED) is 0.647. The smallest absolute Gasteiger partial charge is 0.249 e. The van der Waals surface area contributed by atoms with E-state index in [2.05, 4.69) is 0 Å². The summed E-state index contributed by atoms with van der Waals surface area (Å²) in [5.41, 5.74) is 10.9. The highest BCUT2D eigenvalue weighted by atomic mass is 16.3. The molecular formula is C10H12N2O3. The monoisotopic (exact) mass is 208 g/mol. The van der Waals surface area contributed by atoms with Crippen LogP contribution in [0.4, 0.5) is 0 Å². The number of rotatable bonds is 3. The Morgan fingerprint density at radius 2 is 1.87 bits per heavy atom. The Labute approximate surface area is 86.7 Å². The van der Waals surface area contributed by atoms with E-state index in [1.165, 1.54) is 25.1 Å². The molecule has 5 nitrogen and oxygen atoms in total. The summed E-state index contributed by atoms with van der Waals surface area (Å²) in [5.74, 6) is -1.34. The third kappa shape index (κ3) is 2.32. The Morgan fingerprint density at radius 1 is 1.27 bits per heavy atom. The fourth-order valence-corrected chi connectivity index (χ4v) is 1.29. The minimum Gasteiger partial charge on any atom is -0.389 e. The molecule has 0 aromatic heterocycles. The van der Waals surface area contributed by atoms with Crippen molar-refractivity contribution in [3.05, 3.63) is 34.9 Å². The maximum Gasteiger partial charge on any atom is 0.249 e. The van der Waals surface area contributed by atoms with Gasteiger partial charge in [0, 0.05) is 11.1 Å². The van der Waals surface area contributed by atoms with Gasteiger partial charge in [-0.25, -0.2) is 0 Å². The summed E-state index contributed by atoms with van der Waals surface area (Å²) < 4.78 is 0. The highest BCUT2D eigenvalue weighted by Gasteiger charge is 2.14. The molecule has 1 aromatic carbocycles. The van der Waals surface area contributed by atoms with E-state index in [1.54, 1.807) is 0 Å². The molecule has 0 radical (unpaired) electrons. The maximum atomic E-state index is 11.1. The third-order valence-electron chi connectivity index (χ3n) is 2.05. The minimum absolute atomic E-state index is 0.112. The van der Waals surface area contributed by atoms with E-state index in [1.807, 2.05) is 0 Å². The lowest BCUT2D eigenvalue weighted by molar-refractivity contribution is 0.0994. The van der Waals surface area contributed by atoms with Gasteiger partial charge in [0.1, 0.15) is 0 Å². The Kier molecular flexibility index (Phi) is 3.06. The van der Waals surface area contributed by atoms with Crippen molar-refractivity contribution in [1.82, 2.24) is 0 Å². The molecule has 0 heterocycles. The van der Waals surface area contributed by atoms with E-state index in [-0.39, 0.29) is 11.1 Å². The molecule has 1 aromatic rings. The number of amides is 2. The van der Waals surface area contributed by atoms with Crippen LogP contribution in [0.15, 0.2) is 18.2 Å². The van der Waals surface area contributed by atoms with E-state index in [0.29, 0.717) is 5.56 Å². The van der Waals surface area contributed by atoms with Crippen LogP contribution in [0, 0.1) is 0 Å². The van der Waals surface area contributed by atoms with Crippen molar-refractivity contribution in [2.45, 2.75) is 13.0 Å². The number of hydrogen-bond donors (Lipinski definition) is 3. The summed E-state index contributed by atoms with van der Waals surface area (Å²) in [6, 6.07) is 4.19. The molecule has 15 heavy (non-hydrogen) atoms. The van der Waals surface area contributed by atoms with Crippen molar-refractivity contribution in [3.63, 3.8) is 0 Å². The molecule has 0 fully saturated rings. The van der Waals surface area contributed by atoms with Gasteiger partial charge in [0.05, 0.1) is 6.10 Å². The van der Waals surface area contributed by atoms with Crippen molar-refractivity contribution in [2.24, 2.45) is 11.5 Å². The van der Waals surface area contributed by atoms with E-state index < -0.39 is 17.9 Å². The fourth-order valence-electron chi connectivity index (χ4n) is 1.29. The summed E-state index contributed by atoms with van der Waals surface area (Å²) in [7, 11) is 0. The van der Waals surface area contributed by atoms with Gasteiger partial charge in [-0.2, -0.15) is 0 Å². The van der Waals surface area contributed by atoms with Gasteiger partial charge in [-0.3, -0.25) is 9.59 Å². The number of carbonyl (C=O) groups is 2. The number of aliphatic hydroxyl groups is 1. The second-order valence-corrected chi connectivity index (χ2v) is 3.21. The molecule has 1 atom stereocenters. The van der Waals surface area contributed by atoms with Crippen LogP contribution in [0.5, 0.6) is 0 Å². The molecule has 1 unspecified atom stereocenters. The zero-order valence-electron chi connectivity index (χ0n) is 8.23. The SMILES string of the molecule is CC(O)c1ccc(C(N)=O)cc1C(N)=O. The van der Waals surface area contributed by atoms with Gasteiger partial charge >= 0.3 is 0 Å². The first-order valence-corrected chi connectivity index (χ1v) is 4.35. The molecule has 0 aliphatic rings. The Balaban J connectivity index is 3.33. The minimum atomic E-state index is -0.825. The van der Waals surface area contributed by atoms with E-state index in [4.69, 9.17) is 11.5 Å². The van der Waals surface area contributed by atoms with E-state index in [9.17, 15) is 14.7 Å². The molecule has 2 amide bonds. The van der Waals surface area contributed by atoms with Crippen LogP contribution >= 0.6 is 0 Å².